The molecule has 1 fully saturated rings. The predicted octanol–water partition coefficient (Wildman–Crippen LogP) is 2.12. The van der Waals surface area contributed by atoms with Crippen LogP contribution in [0.3, 0.4) is 0 Å². The maximum atomic E-state index is 12.5. The summed E-state index contributed by atoms with van der Waals surface area (Å²) in [6, 6.07) is 6.89. The second-order valence-corrected chi connectivity index (χ2v) is 4.85. The molecule has 0 bridgehead atoms. The summed E-state index contributed by atoms with van der Waals surface area (Å²) in [4.78, 5) is 25.7. The molecular formula is C15H20N2O4. The number of anilines is 1. The molecule has 1 atom stereocenters. The summed E-state index contributed by atoms with van der Waals surface area (Å²) in [7, 11) is 0. The molecule has 0 saturated carbocycles. The first-order valence-corrected chi connectivity index (χ1v) is 7.04. The molecule has 1 saturated heterocycles. The smallest absolute Gasteiger partial charge is 0.411 e. The van der Waals surface area contributed by atoms with Crippen molar-refractivity contribution in [3.8, 4) is 0 Å². The topological polar surface area (TPSA) is 67.9 Å². The van der Waals surface area contributed by atoms with Gasteiger partial charge in [0, 0.05) is 17.8 Å². The summed E-state index contributed by atoms with van der Waals surface area (Å²) >= 11 is 0. The van der Waals surface area contributed by atoms with Crippen LogP contribution in [0, 0.1) is 0 Å². The van der Waals surface area contributed by atoms with Gasteiger partial charge in [0.05, 0.1) is 25.9 Å². The molecule has 6 nitrogen and oxygen atoms in total. The number of benzene rings is 1. The second-order valence-electron chi connectivity index (χ2n) is 4.85. The highest BCUT2D eigenvalue weighted by molar-refractivity contribution is 5.96. The average molecular weight is 292 g/mol. The summed E-state index contributed by atoms with van der Waals surface area (Å²) in [5, 5.41) is 2.60. The number of morpholine rings is 1. The summed E-state index contributed by atoms with van der Waals surface area (Å²) in [5.74, 6) is -0.0571. The van der Waals surface area contributed by atoms with E-state index in [1.807, 2.05) is 6.92 Å². The molecule has 0 spiro atoms. The summed E-state index contributed by atoms with van der Waals surface area (Å²) in [5.41, 5.74) is 1.08. The molecule has 1 heterocycles. The highest BCUT2D eigenvalue weighted by Gasteiger charge is 2.24. The minimum Gasteiger partial charge on any atom is -0.450 e. The molecule has 2 rings (SSSR count). The fourth-order valence-corrected chi connectivity index (χ4v) is 2.21. The zero-order chi connectivity index (χ0) is 15.2. The first-order chi connectivity index (χ1) is 10.1. The first kappa shape index (κ1) is 15.3. The van der Waals surface area contributed by atoms with E-state index in [4.69, 9.17) is 9.47 Å². The number of carbonyl (C=O) groups excluding carboxylic acids is 2. The second kappa shape index (κ2) is 7.08. The molecule has 6 heteroatoms. The van der Waals surface area contributed by atoms with Crippen molar-refractivity contribution < 1.29 is 19.1 Å². The molecule has 1 aromatic rings. The molecule has 0 aliphatic carbocycles. The maximum absolute atomic E-state index is 12.5. The van der Waals surface area contributed by atoms with Gasteiger partial charge in [0.2, 0.25) is 0 Å². The lowest BCUT2D eigenvalue weighted by Gasteiger charge is -2.33. The third-order valence-corrected chi connectivity index (χ3v) is 3.26. The maximum Gasteiger partial charge on any atom is 0.411 e. The Morgan fingerprint density at radius 3 is 3.00 bits per heavy atom. The number of ether oxygens (including phenoxy) is 2. The zero-order valence-electron chi connectivity index (χ0n) is 12.3. The van der Waals surface area contributed by atoms with E-state index in [0.717, 1.165) is 0 Å². The van der Waals surface area contributed by atoms with Gasteiger partial charge in [-0.1, -0.05) is 6.07 Å². The van der Waals surface area contributed by atoms with Crippen LogP contribution in [0.4, 0.5) is 10.5 Å². The van der Waals surface area contributed by atoms with E-state index < -0.39 is 6.09 Å². The number of nitrogens with one attached hydrogen (secondary N) is 1. The van der Waals surface area contributed by atoms with Gasteiger partial charge in [-0.25, -0.2) is 4.79 Å². The van der Waals surface area contributed by atoms with Crippen molar-refractivity contribution in [1.82, 2.24) is 4.90 Å². The van der Waals surface area contributed by atoms with Crippen molar-refractivity contribution in [1.29, 1.82) is 0 Å². The fraction of sp³-hybridized carbons (Fsp3) is 0.467. The highest BCUT2D eigenvalue weighted by atomic mass is 16.5. The molecule has 1 aliphatic rings. The van der Waals surface area contributed by atoms with Crippen LogP contribution in [0.25, 0.3) is 0 Å². The Balaban J connectivity index is 2.09. The van der Waals surface area contributed by atoms with Crippen molar-refractivity contribution in [2.24, 2.45) is 0 Å². The van der Waals surface area contributed by atoms with Crippen LogP contribution in [0.1, 0.15) is 24.2 Å². The Bertz CT molecular complexity index is 518. The van der Waals surface area contributed by atoms with Crippen LogP contribution in [0.15, 0.2) is 24.3 Å². The van der Waals surface area contributed by atoms with Gasteiger partial charge >= 0.3 is 6.09 Å². The first-order valence-electron chi connectivity index (χ1n) is 7.04. The lowest BCUT2D eigenvalue weighted by Crippen LogP contribution is -2.47. The van der Waals surface area contributed by atoms with Crippen LogP contribution in [0.2, 0.25) is 0 Å². The molecule has 1 N–H and O–H groups in total. The predicted molar refractivity (Wildman–Crippen MR) is 78.4 cm³/mol. The third-order valence-electron chi connectivity index (χ3n) is 3.26. The third kappa shape index (κ3) is 3.95. The monoisotopic (exact) mass is 292 g/mol. The van der Waals surface area contributed by atoms with Crippen molar-refractivity contribution in [2.75, 3.05) is 31.7 Å². The molecule has 0 radical (unpaired) electrons. The number of rotatable bonds is 3. The standard InChI is InChI=1S/C15H20N2O4/c1-3-21-15(19)16-13-6-4-5-12(9-13)14(18)17-7-8-20-10-11(17)2/h4-6,9,11H,3,7-8,10H2,1-2H3,(H,16,19). The number of hydrogen-bond acceptors (Lipinski definition) is 4. The van der Waals surface area contributed by atoms with Gasteiger partial charge in [-0.3, -0.25) is 10.1 Å². The van der Waals surface area contributed by atoms with E-state index in [0.29, 0.717) is 37.6 Å². The molecule has 2 amide bonds. The lowest BCUT2D eigenvalue weighted by atomic mass is 10.1. The molecule has 1 aromatic carbocycles. The van der Waals surface area contributed by atoms with Crippen LogP contribution < -0.4 is 5.32 Å². The van der Waals surface area contributed by atoms with Crippen molar-refractivity contribution >= 4 is 17.7 Å². The van der Waals surface area contributed by atoms with E-state index in [1.54, 1.807) is 36.1 Å². The molecular weight excluding hydrogens is 272 g/mol. The van der Waals surface area contributed by atoms with Gasteiger partial charge in [0.15, 0.2) is 0 Å². The Morgan fingerprint density at radius 2 is 2.29 bits per heavy atom. The van der Waals surface area contributed by atoms with Gasteiger partial charge in [0.25, 0.3) is 5.91 Å². The Kier molecular flexibility index (Phi) is 5.16. The molecule has 114 valence electrons. The van der Waals surface area contributed by atoms with Gasteiger partial charge in [-0.15, -0.1) is 0 Å². The zero-order valence-corrected chi connectivity index (χ0v) is 12.3. The van der Waals surface area contributed by atoms with Gasteiger partial charge in [-0.2, -0.15) is 0 Å². The summed E-state index contributed by atoms with van der Waals surface area (Å²) in [6.07, 6.45) is -0.526. The molecule has 0 aromatic heterocycles. The van der Waals surface area contributed by atoms with Gasteiger partial charge in [-0.05, 0) is 32.0 Å². The van der Waals surface area contributed by atoms with Crippen LogP contribution in [0.5, 0.6) is 0 Å². The van der Waals surface area contributed by atoms with E-state index in [1.165, 1.54) is 0 Å². The van der Waals surface area contributed by atoms with Crippen molar-refractivity contribution in [3.63, 3.8) is 0 Å². The SMILES string of the molecule is CCOC(=O)Nc1cccc(C(=O)N2CCOCC2C)c1. The van der Waals surface area contributed by atoms with Crippen LogP contribution in [-0.2, 0) is 9.47 Å². The average Bonchev–Trinajstić information content (AvgIpc) is 2.47. The van der Waals surface area contributed by atoms with Crippen molar-refractivity contribution in [3.05, 3.63) is 29.8 Å². The number of carbonyl (C=O) groups is 2. The Labute approximate surface area is 124 Å². The Hall–Kier alpha value is -2.08. The molecule has 1 aliphatic heterocycles. The number of nitrogens with zero attached hydrogens (tertiary/aromatic N) is 1. The highest BCUT2D eigenvalue weighted by Crippen LogP contribution is 2.16. The summed E-state index contributed by atoms with van der Waals surface area (Å²) in [6.45, 7) is 5.67. The summed E-state index contributed by atoms with van der Waals surface area (Å²) < 4.78 is 10.2. The molecule has 21 heavy (non-hydrogen) atoms. The minimum absolute atomic E-state index is 0.0490. The minimum atomic E-state index is -0.526. The van der Waals surface area contributed by atoms with E-state index >= 15 is 0 Å². The van der Waals surface area contributed by atoms with E-state index in [9.17, 15) is 9.59 Å². The van der Waals surface area contributed by atoms with Gasteiger partial charge < -0.3 is 14.4 Å². The Morgan fingerprint density at radius 1 is 1.48 bits per heavy atom. The fourth-order valence-electron chi connectivity index (χ4n) is 2.21. The van der Waals surface area contributed by atoms with E-state index in [2.05, 4.69) is 5.32 Å². The number of hydrogen-bond donors (Lipinski definition) is 1. The normalized spacial score (nSPS) is 18.2. The van der Waals surface area contributed by atoms with E-state index in [-0.39, 0.29) is 11.9 Å². The molecule has 1 unspecified atom stereocenters. The number of amides is 2. The lowest BCUT2D eigenvalue weighted by molar-refractivity contribution is 0.00359. The van der Waals surface area contributed by atoms with Crippen LogP contribution >= 0.6 is 0 Å². The quantitative estimate of drug-likeness (QED) is 0.926. The van der Waals surface area contributed by atoms with Gasteiger partial charge in [0.1, 0.15) is 0 Å². The largest absolute Gasteiger partial charge is 0.450 e. The van der Waals surface area contributed by atoms with Crippen LogP contribution in [-0.4, -0.2) is 49.3 Å². The van der Waals surface area contributed by atoms with Crippen molar-refractivity contribution in [2.45, 2.75) is 19.9 Å².